The van der Waals surface area contributed by atoms with Crippen LogP contribution in [0.4, 0.5) is 0 Å². The lowest BCUT2D eigenvalue weighted by atomic mass is 9.89. The van der Waals surface area contributed by atoms with Crippen molar-refractivity contribution in [1.29, 1.82) is 0 Å². The molecular weight excluding hydrogens is 498 g/mol. The summed E-state index contributed by atoms with van der Waals surface area (Å²) in [6, 6.07) is 8.17. The van der Waals surface area contributed by atoms with Crippen molar-refractivity contribution in [2.45, 2.75) is 110 Å². The smallest absolute Gasteiger partial charge is 0.231 e. The van der Waals surface area contributed by atoms with E-state index in [4.69, 9.17) is 11.6 Å². The molecule has 2 aliphatic heterocycles. The highest BCUT2D eigenvalue weighted by atomic mass is 35.5. The van der Waals surface area contributed by atoms with Crippen molar-refractivity contribution in [2.75, 3.05) is 26.2 Å². The lowest BCUT2D eigenvalue weighted by Gasteiger charge is -2.41. The molecule has 7 heteroatoms. The van der Waals surface area contributed by atoms with Crippen molar-refractivity contribution < 1.29 is 14.7 Å². The zero-order chi connectivity index (χ0) is 27.7. The third-order valence-corrected chi connectivity index (χ3v) is 9.34. The first-order valence-corrected chi connectivity index (χ1v) is 15.1. The van der Waals surface area contributed by atoms with Gasteiger partial charge in [0.25, 0.3) is 0 Å². The Kier molecular flexibility index (Phi) is 9.16. The summed E-state index contributed by atoms with van der Waals surface area (Å²) in [6.45, 7) is 12.3. The van der Waals surface area contributed by atoms with Crippen LogP contribution in [0, 0.1) is 11.3 Å². The van der Waals surface area contributed by atoms with Crippen LogP contribution in [0.25, 0.3) is 0 Å². The zero-order valence-electron chi connectivity index (χ0n) is 24.1. The average molecular weight is 546 g/mol. The van der Waals surface area contributed by atoms with E-state index in [9.17, 15) is 14.7 Å². The van der Waals surface area contributed by atoms with Crippen molar-refractivity contribution in [3.63, 3.8) is 0 Å². The van der Waals surface area contributed by atoms with Gasteiger partial charge in [-0.25, -0.2) is 0 Å². The molecule has 3 aliphatic rings. The number of aliphatic hydroxyl groups is 1. The molecule has 3 atom stereocenters. The van der Waals surface area contributed by atoms with E-state index < -0.39 is 5.41 Å². The summed E-state index contributed by atoms with van der Waals surface area (Å²) in [5.74, 6) is 0.115. The number of likely N-dealkylation sites (tertiary alicyclic amines) is 2. The largest absolute Gasteiger partial charge is 0.395 e. The Balaban J connectivity index is 1.56. The maximum atomic E-state index is 14.1. The van der Waals surface area contributed by atoms with Crippen LogP contribution in [-0.4, -0.2) is 75.5 Å². The fourth-order valence-electron chi connectivity index (χ4n) is 6.86. The molecule has 1 unspecified atom stereocenters. The molecule has 1 saturated carbocycles. The Morgan fingerprint density at radius 2 is 1.55 bits per heavy atom. The third kappa shape index (κ3) is 6.23. The van der Waals surface area contributed by atoms with Crippen molar-refractivity contribution in [1.82, 2.24) is 14.7 Å². The molecule has 0 radical (unpaired) electrons. The normalized spacial score (nSPS) is 26.0. The van der Waals surface area contributed by atoms with Crippen molar-refractivity contribution >= 4 is 23.4 Å². The molecule has 1 aromatic rings. The quantitative estimate of drug-likeness (QED) is 0.468. The molecule has 2 amide bonds. The first-order chi connectivity index (χ1) is 17.9. The Hall–Kier alpha value is -1.63. The Bertz CT molecular complexity index is 966. The van der Waals surface area contributed by atoms with E-state index in [1.165, 1.54) is 12.8 Å². The fraction of sp³-hybridized carbons (Fsp3) is 0.742. The zero-order valence-corrected chi connectivity index (χ0v) is 24.8. The highest BCUT2D eigenvalue weighted by molar-refractivity contribution is 6.30. The molecule has 1 aliphatic carbocycles. The van der Waals surface area contributed by atoms with Gasteiger partial charge in [0.2, 0.25) is 11.8 Å². The lowest BCUT2D eigenvalue weighted by Crippen LogP contribution is -2.54. The predicted molar refractivity (Wildman–Crippen MR) is 153 cm³/mol. The summed E-state index contributed by atoms with van der Waals surface area (Å²) >= 11 is 6.20. The summed E-state index contributed by atoms with van der Waals surface area (Å²) < 4.78 is 0. The van der Waals surface area contributed by atoms with Crippen LogP contribution in [0.2, 0.25) is 5.02 Å². The highest BCUT2D eigenvalue weighted by Gasteiger charge is 2.47. The van der Waals surface area contributed by atoms with Crippen LogP contribution < -0.4 is 0 Å². The molecule has 2 saturated heterocycles. The van der Waals surface area contributed by atoms with E-state index in [1.807, 2.05) is 30.9 Å². The highest BCUT2D eigenvalue weighted by Crippen LogP contribution is 2.43. The molecule has 0 spiro atoms. The van der Waals surface area contributed by atoms with Gasteiger partial charge in [-0.15, -0.1) is 0 Å². The molecular formula is C31H48ClN3O3. The first-order valence-electron chi connectivity index (χ1n) is 14.7. The summed E-state index contributed by atoms with van der Waals surface area (Å²) in [4.78, 5) is 34.5. The minimum absolute atomic E-state index is 0.00623. The number of carbonyl (C=O) groups is 2. The molecule has 3 fully saturated rings. The van der Waals surface area contributed by atoms with Crippen molar-refractivity contribution in [3.8, 4) is 0 Å². The molecule has 0 bridgehead atoms. The predicted octanol–water partition coefficient (Wildman–Crippen LogP) is 5.67. The number of benzene rings is 1. The molecule has 1 N–H and O–H groups in total. The summed E-state index contributed by atoms with van der Waals surface area (Å²) in [5, 5.41) is 10.7. The minimum atomic E-state index is -0.817. The standard InChI is InChI=1S/C31H48ClN3O3/c1-30(2,3)34-19-17-26(27(34)22-12-14-23(32)15-13-22)28(37)33-18-16-25(20-33)35(29(38)31(4,5)21-36)24-10-8-6-7-9-11-24/h12-15,24-27,36H,6-11,16-21H2,1-5H3/t25-,26-,27?/m0/s1. The Labute approximate surface area is 234 Å². The molecule has 38 heavy (non-hydrogen) atoms. The number of amides is 2. The Morgan fingerprint density at radius 3 is 2.13 bits per heavy atom. The van der Waals surface area contributed by atoms with Gasteiger partial charge in [0.05, 0.1) is 24.0 Å². The maximum absolute atomic E-state index is 14.1. The number of aliphatic hydroxyl groups excluding tert-OH is 1. The Morgan fingerprint density at radius 1 is 0.921 bits per heavy atom. The van der Waals surface area contributed by atoms with Gasteiger partial charge >= 0.3 is 0 Å². The van der Waals surface area contributed by atoms with Gasteiger partial charge in [0.1, 0.15) is 0 Å². The van der Waals surface area contributed by atoms with E-state index in [1.54, 1.807) is 0 Å². The molecule has 0 aromatic heterocycles. The monoisotopic (exact) mass is 545 g/mol. The van der Waals surface area contributed by atoms with Crippen LogP contribution in [-0.2, 0) is 9.59 Å². The average Bonchev–Trinajstić information content (AvgIpc) is 3.46. The molecule has 4 rings (SSSR count). The van der Waals surface area contributed by atoms with E-state index in [2.05, 4.69) is 42.7 Å². The number of hydrogen-bond acceptors (Lipinski definition) is 4. The fourth-order valence-corrected chi connectivity index (χ4v) is 6.99. The second kappa shape index (κ2) is 11.9. The van der Waals surface area contributed by atoms with Gasteiger partial charge in [0, 0.05) is 42.3 Å². The van der Waals surface area contributed by atoms with Crippen molar-refractivity contribution in [2.24, 2.45) is 11.3 Å². The second-order valence-corrected chi connectivity index (χ2v) is 13.8. The van der Waals surface area contributed by atoms with E-state index in [-0.39, 0.29) is 48.0 Å². The first kappa shape index (κ1) is 29.4. The van der Waals surface area contributed by atoms with Gasteiger partial charge in [-0.1, -0.05) is 49.4 Å². The molecule has 1 aromatic carbocycles. The topological polar surface area (TPSA) is 64.1 Å². The maximum Gasteiger partial charge on any atom is 0.231 e. The number of hydrogen-bond donors (Lipinski definition) is 1. The van der Waals surface area contributed by atoms with E-state index >= 15 is 0 Å². The van der Waals surface area contributed by atoms with Crippen molar-refractivity contribution in [3.05, 3.63) is 34.9 Å². The third-order valence-electron chi connectivity index (χ3n) is 9.08. The summed E-state index contributed by atoms with van der Waals surface area (Å²) in [7, 11) is 0. The second-order valence-electron chi connectivity index (χ2n) is 13.4. The van der Waals surface area contributed by atoms with Crippen LogP contribution in [0.1, 0.15) is 97.6 Å². The van der Waals surface area contributed by atoms with Crippen LogP contribution in [0.15, 0.2) is 24.3 Å². The number of rotatable bonds is 6. The number of halogens is 1. The van der Waals surface area contributed by atoms with E-state index in [0.29, 0.717) is 18.1 Å². The molecule has 2 heterocycles. The van der Waals surface area contributed by atoms with Crippen LogP contribution in [0.3, 0.4) is 0 Å². The number of nitrogens with zero attached hydrogens (tertiary/aromatic N) is 3. The van der Waals surface area contributed by atoms with Gasteiger partial charge in [-0.05, 0) is 78.0 Å². The lowest BCUT2D eigenvalue weighted by molar-refractivity contribution is -0.148. The van der Waals surface area contributed by atoms with E-state index in [0.717, 1.165) is 50.6 Å². The van der Waals surface area contributed by atoms with Gasteiger partial charge in [0.15, 0.2) is 0 Å². The summed E-state index contributed by atoms with van der Waals surface area (Å²) in [6.07, 6.45) is 8.36. The SMILES string of the molecule is CC(C)(CO)C(=O)N(C1CCCCCC1)[C@H]1CCN(C(=O)[C@H]2CCN(C(C)(C)C)C2c2ccc(Cl)cc2)C1. The van der Waals surface area contributed by atoms with Gasteiger partial charge < -0.3 is 14.9 Å². The van der Waals surface area contributed by atoms with Gasteiger partial charge in [-0.3, -0.25) is 14.5 Å². The minimum Gasteiger partial charge on any atom is -0.395 e. The van der Waals surface area contributed by atoms with Crippen LogP contribution >= 0.6 is 11.6 Å². The van der Waals surface area contributed by atoms with Gasteiger partial charge in [-0.2, -0.15) is 0 Å². The number of carbonyl (C=O) groups excluding carboxylic acids is 2. The molecule has 212 valence electrons. The summed E-state index contributed by atoms with van der Waals surface area (Å²) in [5.41, 5.74) is 0.254. The van der Waals surface area contributed by atoms with Crippen LogP contribution in [0.5, 0.6) is 0 Å². The molecule has 6 nitrogen and oxygen atoms in total.